The number of imidazole rings is 1. The highest BCUT2D eigenvalue weighted by atomic mass is 16.6. The molecule has 136 valence electrons. The molecular formula is C18H21N5O3. The van der Waals surface area contributed by atoms with Crippen LogP contribution in [0.15, 0.2) is 12.7 Å². The number of terminal acetylenes is 1. The first-order valence-corrected chi connectivity index (χ1v) is 9.09. The Balaban J connectivity index is 1.44. The number of hydrogen-bond acceptors (Lipinski definition) is 7. The van der Waals surface area contributed by atoms with Gasteiger partial charge in [0.25, 0.3) is 0 Å². The number of nitrogens with zero attached hydrogens (tertiary/aromatic N) is 4. The fraction of sp³-hybridized carbons (Fsp3) is 0.611. The van der Waals surface area contributed by atoms with E-state index in [-0.39, 0.29) is 0 Å². The van der Waals surface area contributed by atoms with E-state index in [4.69, 9.17) is 11.2 Å². The molecular weight excluding hydrogens is 334 g/mol. The Morgan fingerprint density at radius 1 is 1.23 bits per heavy atom. The highest BCUT2D eigenvalue weighted by molar-refractivity contribution is 5.83. The van der Waals surface area contributed by atoms with Crippen molar-refractivity contribution >= 4 is 17.0 Å². The number of nitrogens with one attached hydrogen (secondary N) is 1. The predicted molar refractivity (Wildman–Crippen MR) is 92.9 cm³/mol. The molecule has 1 aliphatic heterocycles. The standard InChI is InChI=1S/C18H21N5O3/c1-2-12-14(24)15(25)18(26-12)23-8-21-13-16(19-7-20-17(13)23)22-11-6-9-4-3-5-10(9)11/h1,7-12,14-15,18,24-25H,3-6H2,(H,19,20,22)/t9?,10?,11?,12-,14-,15-,18-/m1/s1. The minimum atomic E-state index is -1.15. The van der Waals surface area contributed by atoms with Crippen LogP contribution in [0.3, 0.4) is 0 Å². The molecule has 0 spiro atoms. The summed E-state index contributed by atoms with van der Waals surface area (Å²) in [5.41, 5.74) is 1.17. The van der Waals surface area contributed by atoms with Gasteiger partial charge in [-0.3, -0.25) is 4.57 Å². The number of hydrogen-bond donors (Lipinski definition) is 3. The van der Waals surface area contributed by atoms with Gasteiger partial charge in [-0.15, -0.1) is 6.42 Å². The van der Waals surface area contributed by atoms with Crippen molar-refractivity contribution in [3.8, 4) is 12.3 Å². The number of aromatic nitrogens is 4. The smallest absolute Gasteiger partial charge is 0.167 e. The van der Waals surface area contributed by atoms with Gasteiger partial charge in [-0.25, -0.2) is 15.0 Å². The maximum atomic E-state index is 10.3. The molecule has 26 heavy (non-hydrogen) atoms. The van der Waals surface area contributed by atoms with Gasteiger partial charge in [0.1, 0.15) is 24.6 Å². The molecule has 3 N–H and O–H groups in total. The van der Waals surface area contributed by atoms with Gasteiger partial charge >= 0.3 is 0 Å². The molecule has 7 atom stereocenters. The van der Waals surface area contributed by atoms with Crippen LogP contribution in [0, 0.1) is 24.2 Å². The number of ether oxygens (including phenoxy) is 1. The highest BCUT2D eigenvalue weighted by Crippen LogP contribution is 2.48. The van der Waals surface area contributed by atoms with E-state index in [9.17, 15) is 10.2 Å². The summed E-state index contributed by atoms with van der Waals surface area (Å²) in [7, 11) is 0. The molecule has 2 aromatic heterocycles. The maximum Gasteiger partial charge on any atom is 0.167 e. The summed E-state index contributed by atoms with van der Waals surface area (Å²) in [6.07, 6.45) is 9.50. The lowest BCUT2D eigenvalue weighted by atomic mass is 9.71. The van der Waals surface area contributed by atoms with E-state index in [2.05, 4.69) is 26.2 Å². The van der Waals surface area contributed by atoms with Crippen LogP contribution in [0.4, 0.5) is 5.82 Å². The Hall–Kier alpha value is -2.21. The second kappa shape index (κ2) is 5.91. The number of aliphatic hydroxyl groups excluding tert-OH is 2. The molecule has 0 bridgehead atoms. The van der Waals surface area contributed by atoms with Gasteiger partial charge in [0.15, 0.2) is 23.2 Å². The third-order valence-corrected chi connectivity index (χ3v) is 6.15. The first-order valence-electron chi connectivity index (χ1n) is 9.09. The van der Waals surface area contributed by atoms with Crippen LogP contribution in [0.1, 0.15) is 31.9 Å². The Morgan fingerprint density at radius 3 is 2.88 bits per heavy atom. The molecule has 3 heterocycles. The van der Waals surface area contributed by atoms with Gasteiger partial charge < -0.3 is 20.3 Å². The lowest BCUT2D eigenvalue weighted by Crippen LogP contribution is -2.43. The van der Waals surface area contributed by atoms with Crippen molar-refractivity contribution in [1.29, 1.82) is 0 Å². The molecule has 0 aromatic carbocycles. The van der Waals surface area contributed by atoms with E-state index < -0.39 is 24.5 Å². The zero-order valence-corrected chi connectivity index (χ0v) is 14.2. The minimum Gasteiger partial charge on any atom is -0.386 e. The van der Waals surface area contributed by atoms with E-state index in [0.717, 1.165) is 11.8 Å². The monoisotopic (exact) mass is 355 g/mol. The molecule has 5 rings (SSSR count). The van der Waals surface area contributed by atoms with Gasteiger partial charge in [-0.1, -0.05) is 18.8 Å². The van der Waals surface area contributed by atoms with Crippen LogP contribution >= 0.6 is 0 Å². The Labute approximate surface area is 150 Å². The molecule has 3 fully saturated rings. The van der Waals surface area contributed by atoms with Gasteiger partial charge in [-0.2, -0.15) is 0 Å². The fourth-order valence-electron chi connectivity index (χ4n) is 4.71. The molecule has 0 amide bonds. The van der Waals surface area contributed by atoms with Crippen molar-refractivity contribution in [2.24, 2.45) is 11.8 Å². The molecule has 2 aromatic rings. The number of fused-ring (bicyclic) bond motifs is 2. The van der Waals surface area contributed by atoms with Crippen molar-refractivity contribution in [1.82, 2.24) is 19.5 Å². The summed E-state index contributed by atoms with van der Waals surface area (Å²) in [5.74, 6) is 4.63. The van der Waals surface area contributed by atoms with Gasteiger partial charge in [0.2, 0.25) is 0 Å². The van der Waals surface area contributed by atoms with Gasteiger partial charge in [0.05, 0.1) is 6.33 Å². The third-order valence-electron chi connectivity index (χ3n) is 6.15. The first-order chi connectivity index (χ1) is 12.7. The predicted octanol–water partition coefficient (Wildman–Crippen LogP) is 0.679. The van der Waals surface area contributed by atoms with Crippen molar-refractivity contribution in [3.63, 3.8) is 0 Å². The van der Waals surface area contributed by atoms with Crippen molar-refractivity contribution in [3.05, 3.63) is 12.7 Å². The second-order valence-corrected chi connectivity index (χ2v) is 7.48. The number of aliphatic hydroxyl groups is 2. The highest BCUT2D eigenvalue weighted by Gasteiger charge is 2.45. The van der Waals surface area contributed by atoms with Crippen molar-refractivity contribution < 1.29 is 14.9 Å². The topological polar surface area (TPSA) is 105 Å². The Bertz CT molecular complexity index is 877. The lowest BCUT2D eigenvalue weighted by molar-refractivity contribution is -0.0230. The van der Waals surface area contributed by atoms with Crippen LogP contribution in [0.5, 0.6) is 0 Å². The first kappa shape index (κ1) is 16.0. The van der Waals surface area contributed by atoms with Crippen molar-refractivity contribution in [2.45, 2.75) is 56.3 Å². The zero-order chi connectivity index (χ0) is 17.8. The molecule has 8 heteroatoms. The summed E-state index contributed by atoms with van der Waals surface area (Å²) in [6.45, 7) is 0. The Morgan fingerprint density at radius 2 is 2.12 bits per heavy atom. The average Bonchev–Trinajstić information content (AvgIpc) is 3.30. The SMILES string of the molecule is C#C[C@H]1O[C@@H](n2cnc3c(NC4CC5CCCC54)ncnc32)[C@H](O)[C@@H]1O. The molecule has 1 saturated heterocycles. The van der Waals surface area contributed by atoms with Gasteiger partial charge in [0, 0.05) is 6.04 Å². The largest absolute Gasteiger partial charge is 0.386 e. The summed E-state index contributed by atoms with van der Waals surface area (Å²) in [6, 6.07) is 0.437. The summed E-state index contributed by atoms with van der Waals surface area (Å²) >= 11 is 0. The van der Waals surface area contributed by atoms with Crippen LogP contribution in [-0.2, 0) is 4.74 Å². The molecule has 3 aliphatic rings. The van der Waals surface area contributed by atoms with E-state index in [0.29, 0.717) is 23.0 Å². The van der Waals surface area contributed by atoms with E-state index >= 15 is 0 Å². The third kappa shape index (κ3) is 2.24. The van der Waals surface area contributed by atoms with Crippen LogP contribution in [-0.4, -0.2) is 54.1 Å². The molecule has 2 saturated carbocycles. The quantitative estimate of drug-likeness (QED) is 0.695. The van der Waals surface area contributed by atoms with E-state index in [1.165, 1.54) is 32.0 Å². The van der Waals surface area contributed by atoms with E-state index in [1.807, 2.05) is 0 Å². The van der Waals surface area contributed by atoms with Crippen molar-refractivity contribution in [2.75, 3.05) is 5.32 Å². The number of rotatable bonds is 3. The van der Waals surface area contributed by atoms with Crippen LogP contribution in [0.2, 0.25) is 0 Å². The minimum absolute atomic E-state index is 0.437. The van der Waals surface area contributed by atoms with Gasteiger partial charge in [-0.05, 0) is 24.7 Å². The maximum absolute atomic E-state index is 10.3. The molecule has 2 aliphatic carbocycles. The summed E-state index contributed by atoms with van der Waals surface area (Å²) in [4.78, 5) is 13.1. The summed E-state index contributed by atoms with van der Waals surface area (Å²) < 4.78 is 7.21. The number of anilines is 1. The summed E-state index contributed by atoms with van der Waals surface area (Å²) in [5, 5.41) is 23.8. The zero-order valence-electron chi connectivity index (χ0n) is 14.2. The lowest BCUT2D eigenvalue weighted by Gasteiger charge is -2.41. The Kier molecular flexibility index (Phi) is 3.64. The average molecular weight is 355 g/mol. The van der Waals surface area contributed by atoms with Crippen LogP contribution < -0.4 is 5.32 Å². The van der Waals surface area contributed by atoms with Crippen LogP contribution in [0.25, 0.3) is 11.2 Å². The molecule has 0 radical (unpaired) electrons. The second-order valence-electron chi connectivity index (χ2n) is 7.48. The molecule has 3 unspecified atom stereocenters. The fourth-order valence-corrected chi connectivity index (χ4v) is 4.71. The van der Waals surface area contributed by atoms with E-state index in [1.54, 1.807) is 10.9 Å². The molecule has 8 nitrogen and oxygen atoms in total. The normalized spacial score (nSPS) is 38.7.